The van der Waals surface area contributed by atoms with E-state index in [1.807, 2.05) is 24.3 Å². The number of anilines is 1. The molecule has 4 heterocycles. The van der Waals surface area contributed by atoms with E-state index in [-0.39, 0.29) is 6.04 Å². The fourth-order valence-corrected chi connectivity index (χ4v) is 4.53. The highest BCUT2D eigenvalue weighted by molar-refractivity contribution is 5.92. The SMILES string of the molecule is N#Cc1cc(N2CCCC2c2nnc3n2CCCCC3)c2ccccc2n1. The molecule has 6 heteroatoms. The Kier molecular flexibility index (Phi) is 4.01. The Bertz CT molecular complexity index is 1030. The lowest BCUT2D eigenvalue weighted by molar-refractivity contribution is 0.560. The van der Waals surface area contributed by atoms with Gasteiger partial charge in [0, 0.05) is 30.6 Å². The van der Waals surface area contributed by atoms with Gasteiger partial charge >= 0.3 is 0 Å². The number of hydrogen-bond acceptors (Lipinski definition) is 5. The van der Waals surface area contributed by atoms with E-state index < -0.39 is 0 Å². The number of hydrogen-bond donors (Lipinski definition) is 0. The molecule has 0 radical (unpaired) electrons. The second kappa shape index (κ2) is 6.66. The number of rotatable bonds is 2. The Morgan fingerprint density at radius 2 is 1.96 bits per heavy atom. The molecule has 2 aliphatic rings. The van der Waals surface area contributed by atoms with Gasteiger partial charge in [0.2, 0.25) is 0 Å². The number of pyridine rings is 1. The van der Waals surface area contributed by atoms with E-state index in [0.29, 0.717) is 5.69 Å². The van der Waals surface area contributed by atoms with E-state index in [0.717, 1.165) is 60.6 Å². The Hall–Kier alpha value is -2.94. The normalized spacial score (nSPS) is 19.7. The first-order chi connectivity index (χ1) is 13.3. The Labute approximate surface area is 158 Å². The summed E-state index contributed by atoms with van der Waals surface area (Å²) in [5.41, 5.74) is 2.43. The van der Waals surface area contributed by atoms with Crippen LogP contribution in [0.15, 0.2) is 30.3 Å². The lowest BCUT2D eigenvalue weighted by Crippen LogP contribution is -2.26. The standard InChI is InChI=1S/C21H22N6/c22-14-15-13-19(16-7-3-4-8-17(16)23-15)26-12-6-9-18(26)21-25-24-20-10-2-1-5-11-27(20)21/h3-4,7-8,13,18H,1-2,5-6,9-12H2. The molecule has 0 amide bonds. The van der Waals surface area contributed by atoms with Crippen LogP contribution in [0.5, 0.6) is 0 Å². The molecule has 1 saturated heterocycles. The second-order valence-electron chi connectivity index (χ2n) is 7.44. The average molecular weight is 358 g/mol. The van der Waals surface area contributed by atoms with Crippen molar-refractivity contribution >= 4 is 16.6 Å². The highest BCUT2D eigenvalue weighted by Crippen LogP contribution is 2.39. The molecular weight excluding hydrogens is 336 g/mol. The smallest absolute Gasteiger partial charge is 0.155 e. The van der Waals surface area contributed by atoms with Crippen LogP contribution in [0.3, 0.4) is 0 Å². The number of nitriles is 1. The van der Waals surface area contributed by atoms with Crippen LogP contribution in [0, 0.1) is 11.3 Å². The Morgan fingerprint density at radius 3 is 2.89 bits per heavy atom. The van der Waals surface area contributed by atoms with Gasteiger partial charge in [0.15, 0.2) is 5.82 Å². The first-order valence-electron chi connectivity index (χ1n) is 9.83. The van der Waals surface area contributed by atoms with Crippen LogP contribution in [0.4, 0.5) is 5.69 Å². The quantitative estimate of drug-likeness (QED) is 0.697. The molecule has 0 aliphatic carbocycles. The molecular formula is C21H22N6. The number of aromatic nitrogens is 4. The maximum Gasteiger partial charge on any atom is 0.155 e. The first-order valence-corrected chi connectivity index (χ1v) is 9.83. The lowest BCUT2D eigenvalue weighted by Gasteiger charge is -2.28. The molecule has 136 valence electrons. The summed E-state index contributed by atoms with van der Waals surface area (Å²) in [6, 6.07) is 12.4. The van der Waals surface area contributed by atoms with Gasteiger partial charge < -0.3 is 9.47 Å². The van der Waals surface area contributed by atoms with E-state index in [9.17, 15) is 5.26 Å². The first kappa shape index (κ1) is 16.2. The van der Waals surface area contributed by atoms with Crippen molar-refractivity contribution in [1.29, 1.82) is 5.26 Å². The molecule has 1 atom stereocenters. The highest BCUT2D eigenvalue weighted by atomic mass is 15.3. The molecule has 5 rings (SSSR count). The molecule has 0 spiro atoms. The number of para-hydroxylation sites is 1. The third kappa shape index (κ3) is 2.74. The lowest BCUT2D eigenvalue weighted by atomic mass is 10.1. The zero-order valence-electron chi connectivity index (χ0n) is 15.3. The minimum Gasteiger partial charge on any atom is -0.361 e. The van der Waals surface area contributed by atoms with E-state index in [4.69, 9.17) is 0 Å². The van der Waals surface area contributed by atoms with Gasteiger partial charge in [-0.05, 0) is 37.8 Å². The summed E-state index contributed by atoms with van der Waals surface area (Å²) in [6.07, 6.45) is 6.87. The summed E-state index contributed by atoms with van der Waals surface area (Å²) < 4.78 is 2.35. The maximum atomic E-state index is 9.45. The minimum absolute atomic E-state index is 0.210. The number of fused-ring (bicyclic) bond motifs is 2. The monoisotopic (exact) mass is 358 g/mol. The fourth-order valence-electron chi connectivity index (χ4n) is 4.53. The van der Waals surface area contributed by atoms with Crippen molar-refractivity contribution in [2.24, 2.45) is 0 Å². The molecule has 3 aromatic rings. The van der Waals surface area contributed by atoms with E-state index in [1.54, 1.807) is 0 Å². The molecule has 0 N–H and O–H groups in total. The molecule has 2 aromatic heterocycles. The van der Waals surface area contributed by atoms with Gasteiger partial charge in [0.25, 0.3) is 0 Å². The average Bonchev–Trinajstić information content (AvgIpc) is 3.27. The molecule has 0 bridgehead atoms. The van der Waals surface area contributed by atoms with Crippen LogP contribution in [0.2, 0.25) is 0 Å². The van der Waals surface area contributed by atoms with Crippen LogP contribution in [0.1, 0.15) is 55.5 Å². The van der Waals surface area contributed by atoms with Gasteiger partial charge in [-0.2, -0.15) is 5.26 Å². The van der Waals surface area contributed by atoms with Crippen molar-refractivity contribution < 1.29 is 0 Å². The van der Waals surface area contributed by atoms with Crippen LogP contribution in [-0.4, -0.2) is 26.3 Å². The van der Waals surface area contributed by atoms with Gasteiger partial charge in [-0.1, -0.05) is 24.6 Å². The van der Waals surface area contributed by atoms with E-state index in [1.165, 1.54) is 19.3 Å². The summed E-state index contributed by atoms with van der Waals surface area (Å²) in [5.74, 6) is 2.22. The number of benzene rings is 1. The number of nitrogens with zero attached hydrogens (tertiary/aromatic N) is 6. The van der Waals surface area contributed by atoms with Crippen LogP contribution in [0.25, 0.3) is 10.9 Å². The van der Waals surface area contributed by atoms with Crippen LogP contribution < -0.4 is 4.90 Å². The fraction of sp³-hybridized carbons (Fsp3) is 0.429. The van der Waals surface area contributed by atoms with Crippen molar-refractivity contribution in [1.82, 2.24) is 19.7 Å². The molecule has 6 nitrogen and oxygen atoms in total. The van der Waals surface area contributed by atoms with Gasteiger partial charge in [0.05, 0.1) is 11.6 Å². The topological polar surface area (TPSA) is 70.6 Å². The second-order valence-corrected chi connectivity index (χ2v) is 7.44. The van der Waals surface area contributed by atoms with Crippen molar-refractivity contribution in [3.63, 3.8) is 0 Å². The van der Waals surface area contributed by atoms with Crippen molar-refractivity contribution in [2.75, 3.05) is 11.4 Å². The summed E-state index contributed by atoms with van der Waals surface area (Å²) in [4.78, 5) is 6.88. The van der Waals surface area contributed by atoms with Crippen molar-refractivity contribution in [3.8, 4) is 6.07 Å². The van der Waals surface area contributed by atoms with E-state index >= 15 is 0 Å². The largest absolute Gasteiger partial charge is 0.361 e. The summed E-state index contributed by atoms with van der Waals surface area (Å²) in [7, 11) is 0. The molecule has 27 heavy (non-hydrogen) atoms. The van der Waals surface area contributed by atoms with Crippen LogP contribution in [-0.2, 0) is 13.0 Å². The summed E-state index contributed by atoms with van der Waals surface area (Å²) in [6.45, 7) is 1.98. The van der Waals surface area contributed by atoms with Crippen molar-refractivity contribution in [2.45, 2.75) is 51.1 Å². The zero-order chi connectivity index (χ0) is 18.2. The third-order valence-electron chi connectivity index (χ3n) is 5.81. The van der Waals surface area contributed by atoms with Gasteiger partial charge in [-0.3, -0.25) is 0 Å². The summed E-state index contributed by atoms with van der Waals surface area (Å²) in [5, 5.41) is 19.7. The van der Waals surface area contributed by atoms with Crippen molar-refractivity contribution in [3.05, 3.63) is 47.7 Å². The molecule has 1 unspecified atom stereocenters. The zero-order valence-corrected chi connectivity index (χ0v) is 15.3. The third-order valence-corrected chi connectivity index (χ3v) is 5.81. The van der Waals surface area contributed by atoms with Crippen LogP contribution >= 0.6 is 0 Å². The van der Waals surface area contributed by atoms with Gasteiger partial charge in [-0.25, -0.2) is 4.98 Å². The predicted molar refractivity (Wildman–Crippen MR) is 103 cm³/mol. The maximum absolute atomic E-state index is 9.45. The predicted octanol–water partition coefficient (Wildman–Crippen LogP) is 3.77. The Morgan fingerprint density at radius 1 is 1.04 bits per heavy atom. The van der Waals surface area contributed by atoms with E-state index in [2.05, 4.69) is 36.8 Å². The molecule has 1 aromatic carbocycles. The summed E-state index contributed by atoms with van der Waals surface area (Å²) >= 11 is 0. The minimum atomic E-state index is 0.210. The van der Waals surface area contributed by atoms with Gasteiger partial charge in [0.1, 0.15) is 17.6 Å². The number of aryl methyl sites for hydroxylation is 1. The molecule has 1 fully saturated rings. The highest BCUT2D eigenvalue weighted by Gasteiger charge is 2.32. The molecule has 2 aliphatic heterocycles. The molecule has 0 saturated carbocycles. The van der Waals surface area contributed by atoms with Gasteiger partial charge in [-0.15, -0.1) is 10.2 Å². The Balaban J connectivity index is 1.61.